The van der Waals surface area contributed by atoms with Gasteiger partial charge >= 0.3 is 12.1 Å². The number of nitrogens with two attached hydrogens (primary N) is 1. The zero-order chi connectivity index (χ0) is 30.2. The van der Waals surface area contributed by atoms with Gasteiger partial charge < -0.3 is 35.3 Å². The molecule has 229 valence electrons. The minimum Gasteiger partial charge on any atom is -0.506 e. The number of amides is 1. The number of phenols is 1. The van der Waals surface area contributed by atoms with E-state index >= 15 is 0 Å². The first-order valence-electron chi connectivity index (χ1n) is 13.5. The van der Waals surface area contributed by atoms with Crippen LogP contribution in [0, 0.1) is 17.6 Å². The summed E-state index contributed by atoms with van der Waals surface area (Å²) < 4.78 is 36.0. The predicted octanol–water partition coefficient (Wildman–Crippen LogP) is 5.26. The number of likely N-dealkylation sites (tertiary alicyclic amines) is 1. The molecule has 0 spiro atoms. The van der Waals surface area contributed by atoms with Gasteiger partial charge in [0.25, 0.3) is 0 Å². The van der Waals surface area contributed by atoms with Crippen molar-refractivity contribution in [1.82, 2.24) is 15.2 Å². The summed E-state index contributed by atoms with van der Waals surface area (Å²) in [6.07, 6.45) is 2.74. The largest absolute Gasteiger partial charge is 0.506 e. The Morgan fingerprint density at radius 3 is 2.19 bits per heavy atom. The van der Waals surface area contributed by atoms with Crippen LogP contribution in [0.4, 0.5) is 19.3 Å². The number of anilines is 1. The van der Waals surface area contributed by atoms with Crippen molar-refractivity contribution in [3.05, 3.63) is 53.9 Å². The Morgan fingerprint density at radius 1 is 1.05 bits per heavy atom. The van der Waals surface area contributed by atoms with Crippen LogP contribution >= 0.6 is 0 Å². The molecule has 2 aromatic carbocycles. The predicted molar refractivity (Wildman–Crippen MR) is 149 cm³/mol. The second-order valence-corrected chi connectivity index (χ2v) is 11.0. The SMILES string of the molecule is CC(C)(C)OC(=O)N1CCC(C(=O)O)CC1.Fc1ccc2oc(C3CCNCC3)nc2c1.Nc1cc(F)ccc1O.[V]. The maximum absolute atomic E-state index is 13.0. The zero-order valence-corrected chi connectivity index (χ0v) is 25.4. The Labute approximate surface area is 255 Å². The summed E-state index contributed by atoms with van der Waals surface area (Å²) in [4.78, 5) is 28.3. The number of benzene rings is 2. The molecule has 0 aliphatic carbocycles. The first-order chi connectivity index (χ1) is 19.3. The molecule has 0 saturated carbocycles. The van der Waals surface area contributed by atoms with Gasteiger partial charge in [0.1, 0.15) is 28.5 Å². The number of carboxylic acid groups (broad SMARTS) is 1. The summed E-state index contributed by atoms with van der Waals surface area (Å²) in [5.41, 5.74) is 5.99. The fourth-order valence-corrected chi connectivity index (χ4v) is 4.32. The van der Waals surface area contributed by atoms with E-state index in [1.54, 1.807) is 11.0 Å². The molecular formula is C29H38F2N4O6V. The van der Waals surface area contributed by atoms with Gasteiger partial charge in [-0.1, -0.05) is 0 Å². The Morgan fingerprint density at radius 2 is 1.64 bits per heavy atom. The standard InChI is InChI=1S/C12H13FN2O.C11H19NO4.C6H6FNO.V/c13-9-1-2-11-10(7-9)15-12(16-11)8-3-5-14-6-4-8;1-11(2,3)16-10(15)12-6-4-8(5-7-12)9(13)14;7-4-1-2-6(9)5(8)3-4;/h1-2,7-8,14H,3-6H2;8H,4-7H2,1-3H3,(H,13,14);1-3,9H,8H2;. The molecule has 0 atom stereocenters. The van der Waals surface area contributed by atoms with Gasteiger partial charge in [0, 0.05) is 49.7 Å². The normalized spacial score (nSPS) is 15.9. The third-order valence-corrected chi connectivity index (χ3v) is 6.54. The number of aromatic hydroxyl groups is 1. The van der Waals surface area contributed by atoms with Crippen molar-refractivity contribution in [1.29, 1.82) is 0 Å². The molecule has 1 aromatic heterocycles. The van der Waals surface area contributed by atoms with Gasteiger partial charge in [0.15, 0.2) is 11.5 Å². The number of carboxylic acids is 1. The van der Waals surface area contributed by atoms with Crippen LogP contribution in [0.1, 0.15) is 58.3 Å². The van der Waals surface area contributed by atoms with Crippen LogP contribution in [-0.4, -0.2) is 63.9 Å². The van der Waals surface area contributed by atoms with E-state index in [1.165, 1.54) is 18.2 Å². The first kappa shape index (κ1) is 34.9. The Kier molecular flexibility index (Phi) is 13.1. The molecule has 2 saturated heterocycles. The number of nitrogens with one attached hydrogen (secondary N) is 1. The molecule has 0 unspecified atom stereocenters. The molecule has 0 bridgehead atoms. The Balaban J connectivity index is 0.000000227. The molecule has 2 fully saturated rings. The van der Waals surface area contributed by atoms with Crippen LogP contribution in [0.25, 0.3) is 11.1 Å². The molecular weight excluding hydrogens is 589 g/mol. The minimum absolute atomic E-state index is 0. The van der Waals surface area contributed by atoms with Crippen LogP contribution in [0.3, 0.4) is 0 Å². The molecule has 10 nitrogen and oxygen atoms in total. The van der Waals surface area contributed by atoms with E-state index in [2.05, 4.69) is 10.3 Å². The first-order valence-corrected chi connectivity index (χ1v) is 13.5. The third-order valence-electron chi connectivity index (χ3n) is 6.54. The number of aliphatic carboxylic acids is 1. The number of halogens is 2. The number of piperidine rings is 2. The number of hydrogen-bond acceptors (Lipinski definition) is 8. The molecule has 13 heteroatoms. The van der Waals surface area contributed by atoms with E-state index in [9.17, 15) is 18.4 Å². The van der Waals surface area contributed by atoms with Crippen LogP contribution in [0.15, 0.2) is 40.8 Å². The average molecular weight is 628 g/mol. The molecule has 2 aliphatic rings. The van der Waals surface area contributed by atoms with Crippen molar-refractivity contribution in [3.63, 3.8) is 0 Å². The summed E-state index contributed by atoms with van der Waals surface area (Å²) in [7, 11) is 0. The number of nitrogen functional groups attached to an aromatic ring is 1. The molecule has 5 N–H and O–H groups in total. The molecule has 42 heavy (non-hydrogen) atoms. The summed E-state index contributed by atoms with van der Waals surface area (Å²) in [6, 6.07) is 7.89. The van der Waals surface area contributed by atoms with Gasteiger partial charge in [0.2, 0.25) is 0 Å². The Hall–Kier alpha value is -3.35. The van der Waals surface area contributed by atoms with Crippen molar-refractivity contribution >= 4 is 28.8 Å². The molecule has 5 rings (SSSR count). The minimum atomic E-state index is -0.774. The number of nitrogens with zero attached hydrogens (tertiary/aromatic N) is 2. The van der Waals surface area contributed by atoms with E-state index in [1.807, 2.05) is 20.8 Å². The van der Waals surface area contributed by atoms with Gasteiger partial charge in [-0.3, -0.25) is 4.79 Å². The van der Waals surface area contributed by atoms with E-state index < -0.39 is 17.4 Å². The maximum atomic E-state index is 13.0. The Bertz CT molecular complexity index is 1320. The molecule has 3 heterocycles. The number of carbonyl (C=O) groups excluding carboxylic acids is 1. The fourth-order valence-electron chi connectivity index (χ4n) is 4.32. The maximum Gasteiger partial charge on any atom is 0.410 e. The van der Waals surface area contributed by atoms with E-state index in [0.717, 1.165) is 44.0 Å². The average Bonchev–Trinajstić information content (AvgIpc) is 3.35. The number of hydrogen-bond donors (Lipinski definition) is 4. The van der Waals surface area contributed by atoms with E-state index in [-0.39, 0.29) is 47.8 Å². The summed E-state index contributed by atoms with van der Waals surface area (Å²) in [6.45, 7) is 8.37. The fraction of sp³-hybridized carbons (Fsp3) is 0.483. The van der Waals surface area contributed by atoms with Crippen molar-refractivity contribution in [2.24, 2.45) is 5.92 Å². The molecule has 1 radical (unpaired) electrons. The monoisotopic (exact) mass is 627 g/mol. The number of aromatic nitrogens is 1. The number of fused-ring (bicyclic) bond motifs is 1. The quantitative estimate of drug-likeness (QED) is 0.220. The number of rotatable bonds is 2. The van der Waals surface area contributed by atoms with Gasteiger partial charge in [-0.05, 0) is 83.8 Å². The molecule has 3 aromatic rings. The van der Waals surface area contributed by atoms with Crippen molar-refractivity contribution in [2.75, 3.05) is 31.9 Å². The van der Waals surface area contributed by atoms with Crippen LogP contribution in [0.2, 0.25) is 0 Å². The van der Waals surface area contributed by atoms with E-state index in [0.29, 0.717) is 42.9 Å². The number of ether oxygens (including phenoxy) is 1. The summed E-state index contributed by atoms with van der Waals surface area (Å²) in [5.74, 6) is -0.763. The van der Waals surface area contributed by atoms with Crippen LogP contribution in [-0.2, 0) is 28.1 Å². The molecule has 1 amide bonds. The molecule has 2 aliphatic heterocycles. The van der Waals surface area contributed by atoms with Crippen LogP contribution < -0.4 is 11.1 Å². The van der Waals surface area contributed by atoms with Crippen molar-refractivity contribution < 1.29 is 56.3 Å². The van der Waals surface area contributed by atoms with Gasteiger partial charge in [-0.15, -0.1) is 0 Å². The van der Waals surface area contributed by atoms with Crippen LogP contribution in [0.5, 0.6) is 5.75 Å². The second-order valence-electron chi connectivity index (χ2n) is 11.0. The zero-order valence-electron chi connectivity index (χ0n) is 24.0. The smallest absolute Gasteiger partial charge is 0.410 e. The van der Waals surface area contributed by atoms with Gasteiger partial charge in [0.05, 0.1) is 11.6 Å². The van der Waals surface area contributed by atoms with Gasteiger partial charge in [-0.25, -0.2) is 18.6 Å². The van der Waals surface area contributed by atoms with Crippen molar-refractivity contribution in [2.45, 2.75) is 58.0 Å². The summed E-state index contributed by atoms with van der Waals surface area (Å²) >= 11 is 0. The summed E-state index contributed by atoms with van der Waals surface area (Å²) in [5, 5.41) is 20.9. The van der Waals surface area contributed by atoms with Crippen molar-refractivity contribution in [3.8, 4) is 5.75 Å². The second kappa shape index (κ2) is 15.8. The van der Waals surface area contributed by atoms with Gasteiger partial charge in [-0.2, -0.15) is 0 Å². The number of phenolic OH excluding ortho intramolecular Hbond substituents is 1. The number of carbonyl (C=O) groups is 2. The topological polar surface area (TPSA) is 151 Å². The third kappa shape index (κ3) is 10.8. The van der Waals surface area contributed by atoms with E-state index in [4.69, 9.17) is 25.1 Å². The number of oxazole rings is 1.